The van der Waals surface area contributed by atoms with Crippen molar-refractivity contribution in [1.82, 2.24) is 16.2 Å². The molecule has 0 radical (unpaired) electrons. The number of carbonyl (C=O) groups excluding carboxylic acids is 2. The molecule has 158 valence electrons. The summed E-state index contributed by atoms with van der Waals surface area (Å²) in [6.07, 6.45) is 2.90. The quantitative estimate of drug-likeness (QED) is 0.352. The molecule has 0 fully saturated rings. The van der Waals surface area contributed by atoms with Gasteiger partial charge in [0.05, 0.1) is 14.2 Å². The molecule has 2 amide bonds. The van der Waals surface area contributed by atoms with Gasteiger partial charge in [0, 0.05) is 6.08 Å². The molecule has 0 saturated carbocycles. The number of hydrogen-bond acceptors (Lipinski definition) is 6. The van der Waals surface area contributed by atoms with Gasteiger partial charge in [-0.25, -0.2) is 0 Å². The Labute approximate surface area is 180 Å². The molecule has 0 bridgehead atoms. The van der Waals surface area contributed by atoms with Crippen molar-refractivity contribution in [1.29, 1.82) is 0 Å². The molecular formula is C21H23N3O5S. The maximum absolute atomic E-state index is 12.0. The van der Waals surface area contributed by atoms with E-state index in [-0.39, 0.29) is 11.7 Å². The Morgan fingerprint density at radius 3 is 2.43 bits per heavy atom. The van der Waals surface area contributed by atoms with E-state index in [1.165, 1.54) is 13.2 Å². The van der Waals surface area contributed by atoms with E-state index < -0.39 is 11.8 Å². The molecule has 2 aromatic carbocycles. The predicted molar refractivity (Wildman–Crippen MR) is 117 cm³/mol. The Bertz CT molecular complexity index is 946. The van der Waals surface area contributed by atoms with Crippen molar-refractivity contribution in [3.05, 3.63) is 59.7 Å². The zero-order valence-electron chi connectivity index (χ0n) is 16.9. The molecule has 0 aliphatic carbocycles. The predicted octanol–water partition coefficient (Wildman–Crippen LogP) is 2.13. The highest BCUT2D eigenvalue weighted by Crippen LogP contribution is 2.27. The average Bonchev–Trinajstić information content (AvgIpc) is 2.75. The lowest BCUT2D eigenvalue weighted by Crippen LogP contribution is -2.49. The average molecular weight is 429 g/mol. The minimum absolute atomic E-state index is 0.0544. The van der Waals surface area contributed by atoms with Gasteiger partial charge in [-0.3, -0.25) is 25.8 Å². The summed E-state index contributed by atoms with van der Waals surface area (Å²) in [4.78, 5) is 23.8. The van der Waals surface area contributed by atoms with Crippen LogP contribution >= 0.6 is 12.2 Å². The summed E-state index contributed by atoms with van der Waals surface area (Å²) in [5.41, 5.74) is 6.46. The molecule has 0 aromatic heterocycles. The summed E-state index contributed by atoms with van der Waals surface area (Å²) in [7, 11) is 3.07. The Morgan fingerprint density at radius 1 is 1.00 bits per heavy atom. The van der Waals surface area contributed by atoms with Crippen molar-refractivity contribution >= 4 is 35.2 Å². The molecule has 0 atom stereocenters. The number of para-hydroxylation sites is 1. The first-order valence-corrected chi connectivity index (χ1v) is 9.32. The summed E-state index contributed by atoms with van der Waals surface area (Å²) in [6, 6.07) is 12.6. The molecule has 8 nitrogen and oxygen atoms in total. The maximum Gasteiger partial charge on any atom is 0.276 e. The number of carbonyl (C=O) groups is 2. The zero-order chi connectivity index (χ0) is 21.9. The largest absolute Gasteiger partial charge is 0.493 e. The van der Waals surface area contributed by atoms with E-state index in [1.807, 2.05) is 25.1 Å². The number of methoxy groups -OCH3 is 2. The highest BCUT2D eigenvalue weighted by molar-refractivity contribution is 7.80. The Morgan fingerprint density at radius 2 is 1.73 bits per heavy atom. The van der Waals surface area contributed by atoms with Gasteiger partial charge in [-0.15, -0.1) is 0 Å². The van der Waals surface area contributed by atoms with Crippen LogP contribution < -0.4 is 30.4 Å². The van der Waals surface area contributed by atoms with E-state index in [1.54, 1.807) is 37.5 Å². The lowest BCUT2D eigenvalue weighted by Gasteiger charge is -2.11. The lowest BCUT2D eigenvalue weighted by molar-refractivity contribution is -0.123. The Kier molecular flexibility index (Phi) is 8.64. The van der Waals surface area contributed by atoms with Gasteiger partial charge in [0.25, 0.3) is 5.91 Å². The van der Waals surface area contributed by atoms with Crippen molar-refractivity contribution < 1.29 is 23.8 Å². The summed E-state index contributed by atoms with van der Waals surface area (Å²) in [5.74, 6) is 0.840. The minimum Gasteiger partial charge on any atom is -0.493 e. The van der Waals surface area contributed by atoms with E-state index in [0.717, 1.165) is 11.1 Å². The first kappa shape index (κ1) is 22.7. The number of amides is 2. The first-order valence-electron chi connectivity index (χ1n) is 8.91. The highest BCUT2D eigenvalue weighted by Gasteiger charge is 2.07. The zero-order valence-corrected chi connectivity index (χ0v) is 17.7. The highest BCUT2D eigenvalue weighted by atomic mass is 32.1. The molecule has 3 N–H and O–H groups in total. The van der Waals surface area contributed by atoms with Crippen LogP contribution in [0.3, 0.4) is 0 Å². The van der Waals surface area contributed by atoms with Crippen molar-refractivity contribution in [2.24, 2.45) is 0 Å². The van der Waals surface area contributed by atoms with E-state index in [9.17, 15) is 9.59 Å². The first-order chi connectivity index (χ1) is 14.4. The number of hydrogen-bond donors (Lipinski definition) is 3. The number of hydrazine groups is 1. The second-order valence-electron chi connectivity index (χ2n) is 5.99. The molecule has 0 heterocycles. The van der Waals surface area contributed by atoms with Gasteiger partial charge >= 0.3 is 0 Å². The van der Waals surface area contributed by atoms with Crippen molar-refractivity contribution in [2.45, 2.75) is 6.92 Å². The number of thiocarbonyl (C=S) groups is 1. The van der Waals surface area contributed by atoms with Crippen molar-refractivity contribution in [3.63, 3.8) is 0 Å². The van der Waals surface area contributed by atoms with Gasteiger partial charge in [-0.2, -0.15) is 0 Å². The lowest BCUT2D eigenvalue weighted by atomic mass is 10.2. The van der Waals surface area contributed by atoms with Crippen LogP contribution in [0.2, 0.25) is 0 Å². The van der Waals surface area contributed by atoms with Gasteiger partial charge in [-0.05, 0) is 54.5 Å². The molecule has 0 saturated heterocycles. The van der Waals surface area contributed by atoms with Crippen LogP contribution in [0, 0.1) is 6.92 Å². The van der Waals surface area contributed by atoms with Crippen LogP contribution in [0.25, 0.3) is 6.08 Å². The van der Waals surface area contributed by atoms with E-state index in [0.29, 0.717) is 17.2 Å². The third-order valence-corrected chi connectivity index (χ3v) is 4.04. The van der Waals surface area contributed by atoms with Crippen LogP contribution in [0.15, 0.2) is 48.5 Å². The number of ether oxygens (including phenoxy) is 3. The maximum atomic E-state index is 12.0. The molecule has 2 rings (SSSR count). The summed E-state index contributed by atoms with van der Waals surface area (Å²) in [6.45, 7) is 1.68. The number of nitrogens with one attached hydrogen (secondary N) is 3. The smallest absolute Gasteiger partial charge is 0.276 e. The number of benzene rings is 2. The number of rotatable bonds is 7. The topological polar surface area (TPSA) is 97.9 Å². The number of aryl methyl sites for hydroxylation is 1. The van der Waals surface area contributed by atoms with Gasteiger partial charge in [0.2, 0.25) is 5.91 Å². The Hall–Kier alpha value is -3.59. The van der Waals surface area contributed by atoms with Gasteiger partial charge in [0.1, 0.15) is 5.75 Å². The van der Waals surface area contributed by atoms with Crippen molar-refractivity contribution in [3.8, 4) is 17.2 Å². The van der Waals surface area contributed by atoms with E-state index in [4.69, 9.17) is 26.4 Å². The second kappa shape index (κ2) is 11.4. The SMILES string of the molecule is COc1ccc(/C=C/C(=O)NC(=S)NNC(=O)COc2ccccc2C)cc1OC. The summed E-state index contributed by atoms with van der Waals surface area (Å²) < 4.78 is 15.8. The molecule has 0 aliphatic heterocycles. The summed E-state index contributed by atoms with van der Waals surface area (Å²) >= 11 is 4.98. The van der Waals surface area contributed by atoms with E-state index >= 15 is 0 Å². The third kappa shape index (κ3) is 7.10. The monoisotopic (exact) mass is 429 g/mol. The third-order valence-electron chi connectivity index (χ3n) is 3.84. The molecule has 2 aromatic rings. The van der Waals surface area contributed by atoms with Crippen LogP contribution in [0.4, 0.5) is 0 Å². The van der Waals surface area contributed by atoms with Gasteiger partial charge in [0.15, 0.2) is 23.2 Å². The normalized spacial score (nSPS) is 10.2. The molecule has 30 heavy (non-hydrogen) atoms. The fourth-order valence-electron chi connectivity index (χ4n) is 2.34. The molecular weight excluding hydrogens is 406 g/mol. The fourth-order valence-corrected chi connectivity index (χ4v) is 2.49. The molecule has 0 aliphatic rings. The van der Waals surface area contributed by atoms with E-state index in [2.05, 4.69) is 16.2 Å². The van der Waals surface area contributed by atoms with Crippen LogP contribution in [0.5, 0.6) is 17.2 Å². The van der Waals surface area contributed by atoms with Crippen LogP contribution in [0.1, 0.15) is 11.1 Å². The molecule has 9 heteroatoms. The minimum atomic E-state index is -0.465. The summed E-state index contributed by atoms with van der Waals surface area (Å²) in [5, 5.41) is 2.37. The van der Waals surface area contributed by atoms with Gasteiger partial charge < -0.3 is 14.2 Å². The van der Waals surface area contributed by atoms with Crippen LogP contribution in [-0.4, -0.2) is 37.8 Å². The fraction of sp³-hybridized carbons (Fsp3) is 0.190. The Balaban J connectivity index is 1.76. The molecule has 0 spiro atoms. The second-order valence-corrected chi connectivity index (χ2v) is 6.40. The van der Waals surface area contributed by atoms with Crippen molar-refractivity contribution in [2.75, 3.05) is 20.8 Å². The standard InChI is InChI=1S/C21H23N3O5S/c1-14-6-4-5-7-16(14)29-13-20(26)23-24-21(30)22-19(25)11-9-15-8-10-17(27-2)18(12-15)28-3/h4-12H,13H2,1-3H3,(H,23,26)(H2,22,24,25,30)/b11-9+. The van der Waals surface area contributed by atoms with Crippen LogP contribution in [-0.2, 0) is 9.59 Å². The van der Waals surface area contributed by atoms with Gasteiger partial charge in [-0.1, -0.05) is 24.3 Å². The molecule has 0 unspecified atom stereocenters.